The number of aromatic nitrogens is 1. The third-order valence-corrected chi connectivity index (χ3v) is 7.72. The van der Waals surface area contributed by atoms with E-state index in [1.54, 1.807) is 18.3 Å². The average Bonchev–Trinajstić information content (AvgIpc) is 3.14. The number of nitrogens with zero attached hydrogens (tertiary/aromatic N) is 3. The van der Waals surface area contributed by atoms with Gasteiger partial charge in [-0.2, -0.15) is 0 Å². The highest BCUT2D eigenvalue weighted by molar-refractivity contribution is 5.86. The van der Waals surface area contributed by atoms with Crippen molar-refractivity contribution in [3.63, 3.8) is 0 Å². The number of hydrogen-bond acceptors (Lipinski definition) is 5. The summed E-state index contributed by atoms with van der Waals surface area (Å²) >= 11 is 0. The van der Waals surface area contributed by atoms with Gasteiger partial charge in [0.25, 0.3) is 0 Å². The number of pyridine rings is 1. The number of alkyl halides is 3. The summed E-state index contributed by atoms with van der Waals surface area (Å²) in [7, 11) is 0. The van der Waals surface area contributed by atoms with Crippen LogP contribution in [0.25, 0.3) is 11.1 Å². The summed E-state index contributed by atoms with van der Waals surface area (Å²) in [6.45, 7) is 2.27. The summed E-state index contributed by atoms with van der Waals surface area (Å²) in [4.78, 5) is 22.4. The summed E-state index contributed by atoms with van der Waals surface area (Å²) in [5.41, 5.74) is 1.16. The van der Waals surface area contributed by atoms with Crippen LogP contribution in [-0.2, 0) is 4.79 Å². The minimum absolute atomic E-state index is 0.233. The van der Waals surface area contributed by atoms with Crippen LogP contribution < -0.4 is 9.64 Å². The lowest BCUT2D eigenvalue weighted by Crippen LogP contribution is -2.50. The van der Waals surface area contributed by atoms with Gasteiger partial charge in [0, 0.05) is 37.4 Å². The van der Waals surface area contributed by atoms with Gasteiger partial charge in [0.05, 0.1) is 11.5 Å². The molecule has 1 saturated carbocycles. The third-order valence-electron chi connectivity index (χ3n) is 7.72. The summed E-state index contributed by atoms with van der Waals surface area (Å²) in [5.74, 6) is 0.794. The van der Waals surface area contributed by atoms with Crippen molar-refractivity contribution >= 4 is 11.7 Å². The monoisotopic (exact) mass is 489 g/mol. The van der Waals surface area contributed by atoms with Gasteiger partial charge in [-0.1, -0.05) is 12.1 Å². The first-order valence-electron chi connectivity index (χ1n) is 12.3. The molecule has 1 N–H and O–H groups in total. The molecule has 1 aromatic carbocycles. The van der Waals surface area contributed by atoms with Crippen molar-refractivity contribution in [3.8, 4) is 16.9 Å². The fraction of sp³-hybridized carbons (Fsp3) is 0.538. The Morgan fingerprint density at radius 3 is 2.34 bits per heavy atom. The highest BCUT2D eigenvalue weighted by atomic mass is 19.4. The minimum atomic E-state index is -4.72. The molecule has 3 heterocycles. The molecule has 1 aliphatic carbocycles. The van der Waals surface area contributed by atoms with Gasteiger partial charge < -0.3 is 19.6 Å². The van der Waals surface area contributed by atoms with Crippen LogP contribution in [0.4, 0.5) is 19.0 Å². The number of halogens is 3. The molecule has 3 fully saturated rings. The molecule has 2 saturated heterocycles. The van der Waals surface area contributed by atoms with Gasteiger partial charge in [-0.15, -0.1) is 13.2 Å². The van der Waals surface area contributed by atoms with Crippen molar-refractivity contribution < 1.29 is 27.8 Å². The molecule has 1 spiro atoms. The van der Waals surface area contributed by atoms with Crippen LogP contribution in [-0.4, -0.2) is 59.0 Å². The Hall–Kier alpha value is -2.81. The molecule has 0 bridgehead atoms. The number of ether oxygens (including phenoxy) is 1. The third kappa shape index (κ3) is 5.10. The summed E-state index contributed by atoms with van der Waals surface area (Å²) in [6.07, 6.45) is 2.71. The Balaban J connectivity index is 1.25. The van der Waals surface area contributed by atoms with Gasteiger partial charge in [0.15, 0.2) is 0 Å². The Kier molecular flexibility index (Phi) is 6.38. The van der Waals surface area contributed by atoms with Crippen molar-refractivity contribution in [2.75, 3.05) is 24.5 Å². The molecular formula is C26H30F3N3O3. The Morgan fingerprint density at radius 2 is 1.69 bits per heavy atom. The fourth-order valence-corrected chi connectivity index (χ4v) is 5.86. The molecule has 3 aliphatic rings. The molecule has 0 unspecified atom stereocenters. The van der Waals surface area contributed by atoms with Gasteiger partial charge in [0.2, 0.25) is 5.91 Å². The molecule has 2 aliphatic heterocycles. The number of carbonyl (C=O) groups is 1. The molecule has 5 rings (SSSR count). The average molecular weight is 490 g/mol. The molecule has 2 aromatic rings. The van der Waals surface area contributed by atoms with Gasteiger partial charge >= 0.3 is 6.36 Å². The van der Waals surface area contributed by atoms with Crippen molar-refractivity contribution in [2.45, 2.75) is 63.5 Å². The number of likely N-dealkylation sites (tertiary alicyclic amines) is 1. The first-order chi connectivity index (χ1) is 16.7. The lowest BCUT2D eigenvalue weighted by Gasteiger charge is -2.41. The van der Waals surface area contributed by atoms with Gasteiger partial charge in [-0.05, 0) is 74.8 Å². The number of rotatable bonds is 4. The topological polar surface area (TPSA) is 65.9 Å². The minimum Gasteiger partial charge on any atom is -0.406 e. The highest BCUT2D eigenvalue weighted by Gasteiger charge is 2.50. The molecular weight excluding hydrogens is 459 g/mol. The van der Waals surface area contributed by atoms with E-state index in [0.717, 1.165) is 75.0 Å². The first kappa shape index (κ1) is 23.9. The molecule has 6 nitrogen and oxygen atoms in total. The Bertz CT molecular complexity index is 1040. The Labute approximate surface area is 202 Å². The van der Waals surface area contributed by atoms with Crippen LogP contribution in [0.5, 0.6) is 5.75 Å². The maximum atomic E-state index is 13.5. The first-order valence-corrected chi connectivity index (χ1v) is 12.3. The number of benzene rings is 1. The number of piperidine rings is 1. The van der Waals surface area contributed by atoms with Crippen LogP contribution in [0.3, 0.4) is 0 Å². The normalized spacial score (nSPS) is 27.5. The van der Waals surface area contributed by atoms with E-state index in [0.29, 0.717) is 6.54 Å². The Morgan fingerprint density at radius 1 is 0.971 bits per heavy atom. The molecule has 1 aromatic heterocycles. The zero-order valence-electron chi connectivity index (χ0n) is 19.5. The number of amides is 1. The van der Waals surface area contributed by atoms with E-state index < -0.39 is 6.36 Å². The van der Waals surface area contributed by atoms with Gasteiger partial charge in [-0.3, -0.25) is 4.79 Å². The maximum absolute atomic E-state index is 13.5. The van der Waals surface area contributed by atoms with E-state index in [-0.39, 0.29) is 29.2 Å². The maximum Gasteiger partial charge on any atom is 0.573 e. The summed E-state index contributed by atoms with van der Waals surface area (Å²) in [6, 6.07) is 9.78. The van der Waals surface area contributed by atoms with E-state index in [1.807, 2.05) is 12.1 Å². The van der Waals surface area contributed by atoms with E-state index in [4.69, 9.17) is 0 Å². The lowest BCUT2D eigenvalue weighted by molar-refractivity contribution is -0.274. The van der Waals surface area contributed by atoms with Crippen LogP contribution in [0.2, 0.25) is 0 Å². The summed E-state index contributed by atoms with van der Waals surface area (Å²) < 4.78 is 41.1. The van der Waals surface area contributed by atoms with Crippen LogP contribution in [0.1, 0.15) is 44.9 Å². The zero-order chi connectivity index (χ0) is 24.6. The SMILES string of the molecule is O=C1N([C@H]2CC[C@H](O)CC2)CC[C@]12CCCN(c1ccc(-c3ccc(OC(F)(F)F)cc3)cn1)C2. The quantitative estimate of drug-likeness (QED) is 0.670. The number of carbonyl (C=O) groups excluding carboxylic acids is 1. The second-order valence-corrected chi connectivity index (χ2v) is 9.99. The lowest BCUT2D eigenvalue weighted by atomic mass is 9.78. The molecule has 35 heavy (non-hydrogen) atoms. The number of aliphatic hydroxyl groups excluding tert-OH is 1. The van der Waals surface area contributed by atoms with Crippen LogP contribution in [0, 0.1) is 5.41 Å². The second-order valence-electron chi connectivity index (χ2n) is 9.99. The second kappa shape index (κ2) is 9.33. The predicted octanol–water partition coefficient (Wildman–Crippen LogP) is 4.77. The van der Waals surface area contributed by atoms with E-state index in [9.17, 15) is 23.1 Å². The van der Waals surface area contributed by atoms with E-state index in [2.05, 4.69) is 19.5 Å². The van der Waals surface area contributed by atoms with Crippen molar-refractivity contribution in [1.82, 2.24) is 9.88 Å². The van der Waals surface area contributed by atoms with Crippen LogP contribution in [0.15, 0.2) is 42.6 Å². The molecule has 188 valence electrons. The smallest absolute Gasteiger partial charge is 0.406 e. The number of aliphatic hydroxyl groups is 1. The van der Waals surface area contributed by atoms with Gasteiger partial charge in [0.1, 0.15) is 11.6 Å². The summed E-state index contributed by atoms with van der Waals surface area (Å²) in [5, 5.41) is 9.82. The number of anilines is 1. The van der Waals surface area contributed by atoms with Gasteiger partial charge in [-0.25, -0.2) is 4.98 Å². The predicted molar refractivity (Wildman–Crippen MR) is 125 cm³/mol. The van der Waals surface area contributed by atoms with Crippen molar-refractivity contribution in [3.05, 3.63) is 42.6 Å². The van der Waals surface area contributed by atoms with Crippen molar-refractivity contribution in [2.24, 2.45) is 5.41 Å². The van der Waals surface area contributed by atoms with E-state index >= 15 is 0 Å². The fourth-order valence-electron chi connectivity index (χ4n) is 5.86. The largest absolute Gasteiger partial charge is 0.573 e. The molecule has 0 radical (unpaired) electrons. The molecule has 1 amide bonds. The van der Waals surface area contributed by atoms with E-state index in [1.165, 1.54) is 12.1 Å². The zero-order valence-corrected chi connectivity index (χ0v) is 19.5. The molecule has 1 atom stereocenters. The van der Waals surface area contributed by atoms with Crippen molar-refractivity contribution in [1.29, 1.82) is 0 Å². The molecule has 9 heteroatoms. The standard InChI is InChI=1S/C26H30F3N3O3/c27-26(28,29)35-22-9-2-18(3-10-22)19-4-11-23(30-16-19)31-14-1-12-25(17-31)13-15-32(24(25)34)20-5-7-21(33)8-6-20/h2-4,9-11,16,20-21,33H,1,5-8,12-15,17H2/t20-,21-,25-/m0/s1. The number of hydrogen-bond donors (Lipinski definition) is 1. The highest BCUT2D eigenvalue weighted by Crippen LogP contribution is 2.43. The van der Waals surface area contributed by atoms with Crippen LogP contribution >= 0.6 is 0 Å².